The maximum absolute atomic E-state index is 13.3. The van der Waals surface area contributed by atoms with Gasteiger partial charge >= 0.3 is 0 Å². The summed E-state index contributed by atoms with van der Waals surface area (Å²) in [6, 6.07) is 17.1. The van der Waals surface area contributed by atoms with E-state index in [4.69, 9.17) is 0 Å². The normalized spacial score (nSPS) is 11.2. The van der Waals surface area contributed by atoms with Gasteiger partial charge in [0.05, 0.1) is 22.3 Å². The number of nitro benzene ring substituents is 1. The van der Waals surface area contributed by atoms with Gasteiger partial charge < -0.3 is 4.40 Å². The van der Waals surface area contributed by atoms with Gasteiger partial charge in [-0.25, -0.2) is 4.39 Å². The van der Waals surface area contributed by atoms with Gasteiger partial charge in [-0.1, -0.05) is 18.2 Å². The van der Waals surface area contributed by atoms with Crippen LogP contribution in [0.5, 0.6) is 0 Å². The Kier molecular flexibility index (Phi) is 5.28. The van der Waals surface area contributed by atoms with Crippen molar-refractivity contribution in [3.8, 4) is 0 Å². The van der Waals surface area contributed by atoms with Crippen LogP contribution in [0.4, 0.5) is 15.8 Å². The maximum atomic E-state index is 13.3. The van der Waals surface area contributed by atoms with Gasteiger partial charge in [0.15, 0.2) is 0 Å². The van der Waals surface area contributed by atoms with E-state index in [1.807, 2.05) is 12.1 Å². The largest absolute Gasteiger partial charge is 0.313 e. The van der Waals surface area contributed by atoms with Gasteiger partial charge in [0, 0.05) is 23.4 Å². The van der Waals surface area contributed by atoms with Crippen molar-refractivity contribution in [3.63, 3.8) is 0 Å². The molecular formula is C23H17FN4O3. The van der Waals surface area contributed by atoms with Gasteiger partial charge in [-0.15, -0.1) is 0 Å². The predicted molar refractivity (Wildman–Crippen MR) is 116 cm³/mol. The van der Waals surface area contributed by atoms with E-state index in [0.717, 1.165) is 5.52 Å². The van der Waals surface area contributed by atoms with Crippen molar-refractivity contribution in [3.05, 3.63) is 111 Å². The molecule has 1 N–H and O–H groups in total. The monoisotopic (exact) mass is 416 g/mol. The molecule has 2 heterocycles. The van der Waals surface area contributed by atoms with Crippen LogP contribution < -0.4 is 5.43 Å². The number of nitrogens with one attached hydrogen (secondary N) is 1. The van der Waals surface area contributed by atoms with E-state index in [-0.39, 0.29) is 17.2 Å². The number of fused-ring (bicyclic) bond motifs is 1. The van der Waals surface area contributed by atoms with Crippen LogP contribution in [0.3, 0.4) is 0 Å². The third-order valence-corrected chi connectivity index (χ3v) is 4.94. The first-order chi connectivity index (χ1) is 15.0. The van der Waals surface area contributed by atoms with Gasteiger partial charge in [-0.3, -0.25) is 20.3 Å². The highest BCUT2D eigenvalue weighted by Crippen LogP contribution is 2.26. The Bertz CT molecular complexity index is 1330. The highest BCUT2D eigenvalue weighted by atomic mass is 19.1. The summed E-state index contributed by atoms with van der Waals surface area (Å²) >= 11 is 0. The molecule has 0 fully saturated rings. The summed E-state index contributed by atoms with van der Waals surface area (Å²) in [5, 5.41) is 15.3. The van der Waals surface area contributed by atoms with Crippen LogP contribution in [0.15, 0.2) is 78.0 Å². The number of benzene rings is 2. The fourth-order valence-corrected chi connectivity index (χ4v) is 3.43. The SMILES string of the molecule is Cc1c(/C=N\Nc2ccccc2[N+](=O)[O-])c2ccccn2c1C(=O)c1ccc(F)cc1. The van der Waals surface area contributed by atoms with E-state index in [9.17, 15) is 19.3 Å². The lowest BCUT2D eigenvalue weighted by Crippen LogP contribution is -2.07. The molecule has 0 aliphatic heterocycles. The van der Waals surface area contributed by atoms with Crippen molar-refractivity contribution in [2.75, 3.05) is 5.43 Å². The topological polar surface area (TPSA) is 89.0 Å². The summed E-state index contributed by atoms with van der Waals surface area (Å²) in [6.45, 7) is 1.80. The zero-order valence-electron chi connectivity index (χ0n) is 16.4. The fraction of sp³-hybridized carbons (Fsp3) is 0.0435. The van der Waals surface area contributed by atoms with E-state index < -0.39 is 10.7 Å². The number of anilines is 1. The molecular weight excluding hydrogens is 399 g/mol. The fourth-order valence-electron chi connectivity index (χ4n) is 3.43. The first kappa shape index (κ1) is 20.0. The second-order valence-corrected chi connectivity index (χ2v) is 6.82. The van der Waals surface area contributed by atoms with Crippen LogP contribution >= 0.6 is 0 Å². The molecule has 31 heavy (non-hydrogen) atoms. The summed E-state index contributed by atoms with van der Waals surface area (Å²) in [4.78, 5) is 23.8. The maximum Gasteiger partial charge on any atom is 0.294 e. The number of nitro groups is 1. The zero-order chi connectivity index (χ0) is 22.0. The zero-order valence-corrected chi connectivity index (χ0v) is 16.4. The highest BCUT2D eigenvalue weighted by molar-refractivity contribution is 6.12. The highest BCUT2D eigenvalue weighted by Gasteiger charge is 2.21. The Balaban J connectivity index is 1.74. The number of halogens is 1. The Labute approximate surface area is 176 Å². The molecule has 0 amide bonds. The number of pyridine rings is 1. The average molecular weight is 416 g/mol. The van der Waals surface area contributed by atoms with Crippen molar-refractivity contribution in [2.45, 2.75) is 6.92 Å². The van der Waals surface area contributed by atoms with E-state index in [1.54, 1.807) is 41.8 Å². The van der Waals surface area contributed by atoms with Gasteiger partial charge in [-0.2, -0.15) is 5.10 Å². The molecule has 2 aromatic carbocycles. The lowest BCUT2D eigenvalue weighted by molar-refractivity contribution is -0.384. The molecule has 0 saturated heterocycles. The van der Waals surface area contributed by atoms with Crippen molar-refractivity contribution in [1.29, 1.82) is 0 Å². The molecule has 0 radical (unpaired) electrons. The van der Waals surface area contributed by atoms with Crippen LogP contribution in [-0.2, 0) is 0 Å². The van der Waals surface area contributed by atoms with E-state index >= 15 is 0 Å². The number of nitrogens with zero attached hydrogens (tertiary/aromatic N) is 3. The number of aromatic nitrogens is 1. The number of carbonyl (C=O) groups excluding carboxylic acids is 1. The number of carbonyl (C=O) groups is 1. The average Bonchev–Trinajstić information content (AvgIpc) is 3.05. The Hall–Kier alpha value is -4.33. The number of para-hydroxylation sites is 2. The molecule has 154 valence electrons. The minimum Gasteiger partial charge on any atom is -0.313 e. The summed E-state index contributed by atoms with van der Waals surface area (Å²) in [5.74, 6) is -0.660. The van der Waals surface area contributed by atoms with Crippen LogP contribution in [0.25, 0.3) is 5.52 Å². The van der Waals surface area contributed by atoms with Crippen LogP contribution in [0.1, 0.15) is 27.2 Å². The Morgan fingerprint density at radius 2 is 1.81 bits per heavy atom. The summed E-state index contributed by atoms with van der Waals surface area (Å²) in [6.07, 6.45) is 3.30. The lowest BCUT2D eigenvalue weighted by atomic mass is 10.0. The smallest absolute Gasteiger partial charge is 0.294 e. The molecule has 2 aromatic heterocycles. The molecule has 0 spiro atoms. The van der Waals surface area contributed by atoms with E-state index in [1.165, 1.54) is 36.5 Å². The van der Waals surface area contributed by atoms with Crippen molar-refractivity contribution < 1.29 is 14.1 Å². The molecule has 0 saturated carbocycles. The lowest BCUT2D eigenvalue weighted by Gasteiger charge is -2.04. The number of hydrazone groups is 1. The molecule has 0 atom stereocenters. The quantitative estimate of drug-likeness (QED) is 0.208. The molecule has 0 aliphatic rings. The molecule has 4 rings (SSSR count). The molecule has 4 aromatic rings. The van der Waals surface area contributed by atoms with Crippen molar-refractivity contribution in [1.82, 2.24) is 4.40 Å². The number of hydrogen-bond acceptors (Lipinski definition) is 5. The number of rotatable bonds is 6. The Morgan fingerprint density at radius 1 is 1.10 bits per heavy atom. The Morgan fingerprint density at radius 3 is 2.55 bits per heavy atom. The van der Waals surface area contributed by atoms with Crippen LogP contribution in [0.2, 0.25) is 0 Å². The molecule has 7 nitrogen and oxygen atoms in total. The first-order valence-electron chi connectivity index (χ1n) is 9.40. The first-order valence-corrected chi connectivity index (χ1v) is 9.40. The summed E-state index contributed by atoms with van der Waals surface area (Å²) in [7, 11) is 0. The van der Waals surface area contributed by atoms with Gasteiger partial charge in [0.25, 0.3) is 5.69 Å². The molecule has 0 aliphatic carbocycles. The minimum atomic E-state index is -0.490. The van der Waals surface area contributed by atoms with E-state index in [0.29, 0.717) is 22.4 Å². The van der Waals surface area contributed by atoms with Gasteiger partial charge in [0.2, 0.25) is 5.78 Å². The van der Waals surface area contributed by atoms with Gasteiger partial charge in [0.1, 0.15) is 11.5 Å². The van der Waals surface area contributed by atoms with Gasteiger partial charge in [-0.05, 0) is 55.0 Å². The van der Waals surface area contributed by atoms with Crippen LogP contribution in [0, 0.1) is 22.9 Å². The second-order valence-electron chi connectivity index (χ2n) is 6.82. The minimum absolute atomic E-state index is 0.0923. The molecule has 0 bridgehead atoms. The van der Waals surface area contributed by atoms with Crippen LogP contribution in [-0.4, -0.2) is 21.3 Å². The third-order valence-electron chi connectivity index (χ3n) is 4.94. The number of hydrogen-bond donors (Lipinski definition) is 1. The van der Waals surface area contributed by atoms with E-state index in [2.05, 4.69) is 10.5 Å². The number of ketones is 1. The summed E-state index contributed by atoms with van der Waals surface area (Å²) < 4.78 is 15.0. The standard InChI is InChI=1S/C23H17FN4O3/c1-15-18(14-25-26-19-6-2-3-8-21(19)28(30)31)20-7-4-5-13-27(20)22(15)23(29)16-9-11-17(24)12-10-16/h2-14,26H,1H3/b25-14-. The van der Waals surface area contributed by atoms with Crippen molar-refractivity contribution in [2.24, 2.45) is 5.10 Å². The molecule has 8 heteroatoms. The predicted octanol–water partition coefficient (Wildman–Crippen LogP) is 4.97. The second kappa shape index (κ2) is 8.19. The van der Waals surface area contributed by atoms with Crippen molar-refractivity contribution >= 4 is 28.9 Å². The third kappa shape index (κ3) is 3.78. The molecule has 0 unspecified atom stereocenters. The summed E-state index contributed by atoms with van der Waals surface area (Å²) in [5.41, 5.74) is 5.81.